The summed E-state index contributed by atoms with van der Waals surface area (Å²) < 4.78 is 2.11. The molecule has 0 amide bonds. The molecule has 1 heterocycles. The van der Waals surface area contributed by atoms with Gasteiger partial charge in [0, 0.05) is 12.7 Å². The maximum absolute atomic E-state index is 5.59. The summed E-state index contributed by atoms with van der Waals surface area (Å²) in [5.41, 5.74) is 2.56. The molecule has 2 heteroatoms. The zero-order chi connectivity index (χ0) is 26.1. The average molecular weight is 509 g/mol. The van der Waals surface area contributed by atoms with E-state index < -0.39 is 0 Å². The molecule has 2 nitrogen and oxygen atoms in total. The smallest absolute Gasteiger partial charge is 0.0646 e. The van der Waals surface area contributed by atoms with Crippen molar-refractivity contribution in [2.45, 2.75) is 139 Å². The van der Waals surface area contributed by atoms with Crippen molar-refractivity contribution in [2.75, 3.05) is 0 Å². The Bertz CT molecular complexity index is 909. The number of aromatic nitrogens is 2. The minimum atomic E-state index is 0. The van der Waals surface area contributed by atoms with Gasteiger partial charge in [0.15, 0.2) is 0 Å². The predicted octanol–water partition coefficient (Wildman–Crippen LogP) is 10.0. The van der Waals surface area contributed by atoms with Gasteiger partial charge in [-0.2, -0.15) is 5.10 Å². The van der Waals surface area contributed by atoms with Crippen LogP contribution in [0.15, 0.2) is 12.4 Å². The number of rotatable bonds is 5. The molecule has 0 bridgehead atoms. The van der Waals surface area contributed by atoms with Crippen LogP contribution in [-0.4, -0.2) is 9.78 Å². The van der Waals surface area contributed by atoms with Crippen LogP contribution < -0.4 is 0 Å². The van der Waals surface area contributed by atoms with Crippen molar-refractivity contribution in [3.8, 4) is 12.3 Å². The quantitative estimate of drug-likeness (QED) is 0.362. The highest BCUT2D eigenvalue weighted by Gasteiger charge is 2.62. The number of hydrogen-bond donors (Lipinski definition) is 0. The molecular weight excluding hydrogens is 448 g/mol. The first-order valence-electron chi connectivity index (χ1n) is 15.7. The number of nitrogens with zero attached hydrogens (tertiary/aromatic N) is 2. The molecule has 0 saturated heterocycles. The third kappa shape index (κ3) is 5.20. The van der Waals surface area contributed by atoms with Crippen LogP contribution in [0, 0.1) is 64.1 Å². The van der Waals surface area contributed by atoms with Gasteiger partial charge in [-0.25, -0.2) is 0 Å². The second kappa shape index (κ2) is 11.9. The summed E-state index contributed by atoms with van der Waals surface area (Å²) in [5, 5.41) is 4.57. The predicted molar refractivity (Wildman–Crippen MR) is 160 cm³/mol. The van der Waals surface area contributed by atoms with Crippen LogP contribution in [0.25, 0.3) is 0 Å². The summed E-state index contributed by atoms with van der Waals surface area (Å²) in [6, 6.07) is 0. The minimum Gasteiger partial charge on any atom is -0.271 e. The van der Waals surface area contributed by atoms with Gasteiger partial charge >= 0.3 is 0 Å². The molecule has 4 aliphatic carbocycles. The Morgan fingerprint density at radius 3 is 2.49 bits per heavy atom. The monoisotopic (exact) mass is 508 g/mol. The summed E-state index contributed by atoms with van der Waals surface area (Å²) in [7, 11) is 0. The Morgan fingerprint density at radius 1 is 1.05 bits per heavy atom. The Morgan fingerprint density at radius 2 is 1.81 bits per heavy atom. The minimum absolute atomic E-state index is 0. The lowest BCUT2D eigenvalue weighted by atomic mass is 9.37. The van der Waals surface area contributed by atoms with Crippen molar-refractivity contribution in [3.05, 3.63) is 18.0 Å². The average Bonchev–Trinajstić information content (AvgIpc) is 3.32. The topological polar surface area (TPSA) is 17.8 Å². The van der Waals surface area contributed by atoms with Crippen LogP contribution in [0.3, 0.4) is 0 Å². The third-order valence-corrected chi connectivity index (χ3v) is 12.4. The van der Waals surface area contributed by atoms with Gasteiger partial charge in [0.05, 0.1) is 11.8 Å². The molecule has 9 unspecified atom stereocenters. The van der Waals surface area contributed by atoms with Gasteiger partial charge in [-0.3, -0.25) is 4.68 Å². The van der Waals surface area contributed by atoms with Crippen molar-refractivity contribution < 1.29 is 0 Å². The Kier molecular flexibility index (Phi) is 9.73. The molecular formula is C35H60N2. The van der Waals surface area contributed by atoms with E-state index in [1.807, 2.05) is 20.0 Å². The fourth-order valence-corrected chi connectivity index (χ4v) is 10.6. The standard InChI is InChI=1S/C32H50N2.C2H6.CH4/c1-7-10-25-13-18-32(6)29-15-17-31(5)27(23(3)21-34-22-24(8-2)20-33-34)11-9-12-28(31)26(29)14-16-30(32,4)19-25;1-2;/h2,20,22-23,25-29H,7,9-19,21H2,1,3-6H3;1-2H3;1H4. The molecule has 0 N–H and O–H groups in total. The van der Waals surface area contributed by atoms with Crippen LogP contribution >= 0.6 is 0 Å². The molecule has 1 aromatic rings. The number of terminal acetylenes is 1. The normalized spacial score (nSPS) is 41.4. The summed E-state index contributed by atoms with van der Waals surface area (Å²) >= 11 is 0. The van der Waals surface area contributed by atoms with Gasteiger partial charge in [0.2, 0.25) is 0 Å². The highest BCUT2D eigenvalue weighted by Crippen LogP contribution is 2.71. The molecule has 9 atom stereocenters. The maximum Gasteiger partial charge on any atom is 0.0646 e. The second-order valence-electron chi connectivity index (χ2n) is 13.9. The number of fused-ring (bicyclic) bond motifs is 5. The Labute approximate surface area is 231 Å². The highest BCUT2D eigenvalue weighted by atomic mass is 15.3. The van der Waals surface area contributed by atoms with Crippen LogP contribution in [0.5, 0.6) is 0 Å². The third-order valence-electron chi connectivity index (χ3n) is 12.4. The zero-order valence-corrected chi connectivity index (χ0v) is 24.8. The van der Waals surface area contributed by atoms with Gasteiger partial charge < -0.3 is 0 Å². The zero-order valence-electron chi connectivity index (χ0n) is 24.8. The molecule has 0 aromatic carbocycles. The van der Waals surface area contributed by atoms with E-state index in [4.69, 9.17) is 6.42 Å². The lowest BCUT2D eigenvalue weighted by Crippen LogP contribution is -2.59. The van der Waals surface area contributed by atoms with Gasteiger partial charge in [-0.15, -0.1) is 6.42 Å². The first kappa shape index (κ1) is 30.3. The first-order valence-corrected chi connectivity index (χ1v) is 15.7. The van der Waals surface area contributed by atoms with Crippen LogP contribution in [0.4, 0.5) is 0 Å². The van der Waals surface area contributed by atoms with E-state index in [1.165, 1.54) is 77.0 Å². The molecule has 4 saturated carbocycles. The van der Waals surface area contributed by atoms with Crippen molar-refractivity contribution >= 4 is 0 Å². The Hall–Kier alpha value is -1.23. The fourth-order valence-electron chi connectivity index (χ4n) is 10.6. The molecule has 4 fully saturated rings. The number of hydrogen-bond acceptors (Lipinski definition) is 1. The summed E-state index contributed by atoms with van der Waals surface area (Å²) in [6.45, 7) is 18.1. The Balaban J connectivity index is 0.00000124. The molecule has 4 aliphatic rings. The summed E-state index contributed by atoms with van der Waals surface area (Å²) in [5.74, 6) is 8.06. The maximum atomic E-state index is 5.59. The largest absolute Gasteiger partial charge is 0.271 e. The highest BCUT2D eigenvalue weighted by molar-refractivity contribution is 5.26. The van der Waals surface area contributed by atoms with E-state index in [2.05, 4.69) is 56.5 Å². The first-order chi connectivity index (χ1) is 17.2. The van der Waals surface area contributed by atoms with E-state index >= 15 is 0 Å². The van der Waals surface area contributed by atoms with E-state index in [1.54, 1.807) is 0 Å². The summed E-state index contributed by atoms with van der Waals surface area (Å²) in [6.07, 6.45) is 27.1. The fraction of sp³-hybridized carbons (Fsp3) is 0.857. The van der Waals surface area contributed by atoms with Gasteiger partial charge in [-0.05, 0) is 110 Å². The SMILES string of the molecule is C.C#Cc1cnn(CC(C)C2CCCC3C4CCC5(C)CC(CCC)CCC5(C)C4CCC23C)c1.CC. The lowest BCUT2D eigenvalue weighted by Gasteiger charge is -2.67. The van der Waals surface area contributed by atoms with Crippen LogP contribution in [0.1, 0.15) is 139 Å². The lowest BCUT2D eigenvalue weighted by molar-refractivity contribution is -0.183. The molecule has 37 heavy (non-hydrogen) atoms. The van der Waals surface area contributed by atoms with Crippen molar-refractivity contribution in [1.82, 2.24) is 9.78 Å². The summed E-state index contributed by atoms with van der Waals surface area (Å²) in [4.78, 5) is 0. The molecule has 5 rings (SSSR count). The van der Waals surface area contributed by atoms with Gasteiger partial charge in [-0.1, -0.05) is 81.1 Å². The molecule has 0 spiro atoms. The van der Waals surface area contributed by atoms with Gasteiger partial charge in [0.1, 0.15) is 0 Å². The van der Waals surface area contributed by atoms with E-state index in [0.29, 0.717) is 22.2 Å². The molecule has 210 valence electrons. The van der Waals surface area contributed by atoms with E-state index in [-0.39, 0.29) is 7.43 Å². The van der Waals surface area contributed by atoms with Crippen molar-refractivity contribution in [2.24, 2.45) is 51.8 Å². The second-order valence-corrected chi connectivity index (χ2v) is 13.9. The van der Waals surface area contributed by atoms with E-state index in [9.17, 15) is 0 Å². The van der Waals surface area contributed by atoms with Gasteiger partial charge in [0.25, 0.3) is 0 Å². The molecule has 0 aliphatic heterocycles. The molecule has 1 aromatic heterocycles. The van der Waals surface area contributed by atoms with Crippen LogP contribution in [0.2, 0.25) is 0 Å². The molecule has 0 radical (unpaired) electrons. The van der Waals surface area contributed by atoms with Crippen molar-refractivity contribution in [3.63, 3.8) is 0 Å². The van der Waals surface area contributed by atoms with Crippen molar-refractivity contribution in [1.29, 1.82) is 0 Å². The van der Waals surface area contributed by atoms with Crippen LogP contribution in [-0.2, 0) is 6.54 Å². The van der Waals surface area contributed by atoms with E-state index in [0.717, 1.165) is 41.7 Å².